The first-order chi connectivity index (χ1) is 9.11. The number of methoxy groups -OCH3 is 1. The highest BCUT2D eigenvalue weighted by molar-refractivity contribution is 9.10. The van der Waals surface area contributed by atoms with E-state index < -0.39 is 0 Å². The van der Waals surface area contributed by atoms with Gasteiger partial charge < -0.3 is 19.9 Å². The zero-order valence-electron chi connectivity index (χ0n) is 11.3. The van der Waals surface area contributed by atoms with E-state index in [4.69, 9.17) is 10.5 Å². The molecule has 1 aromatic carbocycles. The maximum absolute atomic E-state index is 5.98. The lowest BCUT2D eigenvalue weighted by molar-refractivity contribution is 0.159. The van der Waals surface area contributed by atoms with Crippen LogP contribution in [0.4, 0.5) is 5.95 Å². The lowest BCUT2D eigenvalue weighted by Gasteiger charge is -2.17. The number of likely N-dealkylation sites (N-methyl/N-ethyl adjacent to an activating group) is 1. The number of imidazole rings is 1. The second-order valence-corrected chi connectivity index (χ2v) is 5.47. The molecule has 0 aliphatic rings. The summed E-state index contributed by atoms with van der Waals surface area (Å²) in [5, 5.41) is 0. The van der Waals surface area contributed by atoms with Crippen LogP contribution in [0.5, 0.6) is 0 Å². The normalized spacial score (nSPS) is 11.6. The van der Waals surface area contributed by atoms with Gasteiger partial charge in [0.05, 0.1) is 17.6 Å². The Kier molecular flexibility index (Phi) is 4.79. The molecule has 5 nitrogen and oxygen atoms in total. The van der Waals surface area contributed by atoms with Crippen LogP contribution in [0.3, 0.4) is 0 Å². The van der Waals surface area contributed by atoms with Crippen molar-refractivity contribution in [2.45, 2.75) is 6.54 Å². The SMILES string of the molecule is COCCN(C)CCn1c(N)nc2ccc(Br)cc21. The maximum atomic E-state index is 5.98. The van der Waals surface area contributed by atoms with Crippen LogP contribution in [0.15, 0.2) is 22.7 Å². The molecule has 0 radical (unpaired) electrons. The van der Waals surface area contributed by atoms with Crippen molar-refractivity contribution < 1.29 is 4.74 Å². The number of nitrogen functional groups attached to an aromatic ring is 1. The van der Waals surface area contributed by atoms with Gasteiger partial charge in [-0.2, -0.15) is 0 Å². The van der Waals surface area contributed by atoms with Crippen molar-refractivity contribution in [3.8, 4) is 0 Å². The molecule has 0 unspecified atom stereocenters. The van der Waals surface area contributed by atoms with E-state index in [0.29, 0.717) is 5.95 Å². The highest BCUT2D eigenvalue weighted by atomic mass is 79.9. The smallest absolute Gasteiger partial charge is 0.201 e. The third-order valence-electron chi connectivity index (χ3n) is 3.12. The Labute approximate surface area is 121 Å². The number of anilines is 1. The minimum absolute atomic E-state index is 0.563. The first-order valence-electron chi connectivity index (χ1n) is 6.20. The van der Waals surface area contributed by atoms with Crippen LogP contribution in [0.2, 0.25) is 0 Å². The van der Waals surface area contributed by atoms with E-state index in [1.165, 1.54) is 0 Å². The van der Waals surface area contributed by atoms with Crippen molar-refractivity contribution in [2.75, 3.05) is 39.6 Å². The summed E-state index contributed by atoms with van der Waals surface area (Å²) in [7, 11) is 3.79. The number of benzene rings is 1. The molecule has 0 atom stereocenters. The first-order valence-corrected chi connectivity index (χ1v) is 7.00. The largest absolute Gasteiger partial charge is 0.383 e. The number of nitrogens with zero attached hydrogens (tertiary/aromatic N) is 3. The van der Waals surface area contributed by atoms with Gasteiger partial charge in [-0.1, -0.05) is 15.9 Å². The van der Waals surface area contributed by atoms with Gasteiger partial charge in [0.15, 0.2) is 0 Å². The van der Waals surface area contributed by atoms with Crippen molar-refractivity contribution >= 4 is 32.9 Å². The fourth-order valence-corrected chi connectivity index (χ4v) is 2.33. The van der Waals surface area contributed by atoms with E-state index in [2.05, 4.69) is 32.9 Å². The van der Waals surface area contributed by atoms with Gasteiger partial charge in [0.2, 0.25) is 5.95 Å². The highest BCUT2D eigenvalue weighted by Crippen LogP contribution is 2.22. The molecule has 0 saturated heterocycles. The number of hydrogen-bond donors (Lipinski definition) is 1. The summed E-state index contributed by atoms with van der Waals surface area (Å²) in [4.78, 5) is 6.59. The lowest BCUT2D eigenvalue weighted by Crippen LogP contribution is -2.27. The molecule has 0 aliphatic heterocycles. The first kappa shape index (κ1) is 14.3. The molecule has 6 heteroatoms. The number of fused-ring (bicyclic) bond motifs is 1. The summed E-state index contributed by atoms with van der Waals surface area (Å²) in [5.74, 6) is 0.563. The third-order valence-corrected chi connectivity index (χ3v) is 3.62. The molecule has 0 aliphatic carbocycles. The molecule has 19 heavy (non-hydrogen) atoms. The predicted octanol–water partition coefficient (Wildman–Crippen LogP) is 1.96. The summed E-state index contributed by atoms with van der Waals surface area (Å²) in [5.41, 5.74) is 7.98. The Morgan fingerprint density at radius 3 is 2.95 bits per heavy atom. The Morgan fingerprint density at radius 1 is 1.42 bits per heavy atom. The minimum Gasteiger partial charge on any atom is -0.383 e. The number of nitrogens with two attached hydrogens (primary N) is 1. The van der Waals surface area contributed by atoms with E-state index >= 15 is 0 Å². The van der Waals surface area contributed by atoms with Crippen LogP contribution >= 0.6 is 15.9 Å². The van der Waals surface area contributed by atoms with Crippen molar-refractivity contribution in [1.82, 2.24) is 14.5 Å². The summed E-state index contributed by atoms with van der Waals surface area (Å²) in [6.07, 6.45) is 0. The molecule has 2 N–H and O–H groups in total. The molecule has 1 heterocycles. The summed E-state index contributed by atoms with van der Waals surface area (Å²) >= 11 is 3.48. The molecule has 2 rings (SSSR count). The summed E-state index contributed by atoms with van der Waals surface area (Å²) in [6, 6.07) is 6.00. The number of halogens is 1. The Morgan fingerprint density at radius 2 is 2.21 bits per heavy atom. The topological polar surface area (TPSA) is 56.3 Å². The van der Waals surface area contributed by atoms with Crippen molar-refractivity contribution in [1.29, 1.82) is 0 Å². The predicted molar refractivity (Wildman–Crippen MR) is 81.2 cm³/mol. The fraction of sp³-hybridized carbons (Fsp3) is 0.462. The zero-order chi connectivity index (χ0) is 13.8. The maximum Gasteiger partial charge on any atom is 0.201 e. The lowest BCUT2D eigenvalue weighted by atomic mass is 10.3. The van der Waals surface area contributed by atoms with E-state index in [1.807, 2.05) is 22.8 Å². The molecule has 0 bridgehead atoms. The van der Waals surface area contributed by atoms with Crippen LogP contribution in [0, 0.1) is 0 Å². The van der Waals surface area contributed by atoms with Gasteiger partial charge in [-0.25, -0.2) is 4.98 Å². The van der Waals surface area contributed by atoms with Crippen LogP contribution in [-0.2, 0) is 11.3 Å². The van der Waals surface area contributed by atoms with E-state index in [1.54, 1.807) is 7.11 Å². The molecule has 104 valence electrons. The standard InChI is InChI=1S/C13H19BrN4O/c1-17(7-8-19-2)5-6-18-12-9-10(14)3-4-11(12)16-13(18)15/h3-4,9H,5-8H2,1-2H3,(H2,15,16). The Hall–Kier alpha value is -1.11. The van der Waals surface area contributed by atoms with E-state index in [9.17, 15) is 0 Å². The number of aromatic nitrogens is 2. The number of rotatable bonds is 6. The molecule has 0 spiro atoms. The molecule has 0 saturated carbocycles. The average molecular weight is 327 g/mol. The number of hydrogen-bond acceptors (Lipinski definition) is 4. The monoisotopic (exact) mass is 326 g/mol. The van der Waals surface area contributed by atoms with E-state index in [-0.39, 0.29) is 0 Å². The van der Waals surface area contributed by atoms with Crippen LogP contribution in [-0.4, -0.2) is 48.3 Å². The van der Waals surface area contributed by atoms with Crippen LogP contribution in [0.25, 0.3) is 11.0 Å². The van der Waals surface area contributed by atoms with Gasteiger partial charge in [0.1, 0.15) is 0 Å². The summed E-state index contributed by atoms with van der Waals surface area (Å²) in [6.45, 7) is 3.37. The van der Waals surface area contributed by atoms with Gasteiger partial charge >= 0.3 is 0 Å². The molecule has 1 aromatic heterocycles. The van der Waals surface area contributed by atoms with E-state index in [0.717, 1.165) is 41.7 Å². The third kappa shape index (κ3) is 3.46. The molecular formula is C13H19BrN4O. The average Bonchev–Trinajstić information content (AvgIpc) is 2.69. The van der Waals surface area contributed by atoms with Crippen LogP contribution in [0.1, 0.15) is 0 Å². The Balaban J connectivity index is 2.11. The van der Waals surface area contributed by atoms with Gasteiger partial charge in [-0.15, -0.1) is 0 Å². The van der Waals surface area contributed by atoms with Gasteiger partial charge in [0.25, 0.3) is 0 Å². The van der Waals surface area contributed by atoms with Gasteiger partial charge in [-0.05, 0) is 25.2 Å². The van der Waals surface area contributed by atoms with Gasteiger partial charge in [-0.3, -0.25) is 0 Å². The molecular weight excluding hydrogens is 308 g/mol. The zero-order valence-corrected chi connectivity index (χ0v) is 12.9. The second kappa shape index (κ2) is 6.36. The fourth-order valence-electron chi connectivity index (χ4n) is 1.98. The quantitative estimate of drug-likeness (QED) is 0.881. The van der Waals surface area contributed by atoms with Crippen molar-refractivity contribution in [3.63, 3.8) is 0 Å². The van der Waals surface area contributed by atoms with Crippen LogP contribution < -0.4 is 5.73 Å². The Bertz CT molecular complexity index is 555. The second-order valence-electron chi connectivity index (χ2n) is 4.55. The minimum atomic E-state index is 0.563. The molecule has 2 aromatic rings. The van der Waals surface area contributed by atoms with Crippen molar-refractivity contribution in [2.24, 2.45) is 0 Å². The molecule has 0 amide bonds. The molecule has 0 fully saturated rings. The number of ether oxygens (including phenoxy) is 1. The van der Waals surface area contributed by atoms with Crippen molar-refractivity contribution in [3.05, 3.63) is 22.7 Å². The summed E-state index contributed by atoms with van der Waals surface area (Å²) < 4.78 is 8.15. The van der Waals surface area contributed by atoms with Gasteiger partial charge in [0, 0.05) is 31.2 Å². The highest BCUT2D eigenvalue weighted by Gasteiger charge is 2.09.